The van der Waals surface area contributed by atoms with E-state index in [1.807, 2.05) is 0 Å². The van der Waals surface area contributed by atoms with Crippen molar-refractivity contribution in [3.63, 3.8) is 0 Å². The summed E-state index contributed by atoms with van der Waals surface area (Å²) in [7, 11) is 1.57. The van der Waals surface area contributed by atoms with Crippen molar-refractivity contribution in [3.8, 4) is 0 Å². The highest BCUT2D eigenvalue weighted by Crippen LogP contribution is 2.47. The number of esters is 1. The molecule has 0 amide bonds. The van der Waals surface area contributed by atoms with Gasteiger partial charge in [-0.25, -0.2) is 26.7 Å². The molecule has 162 valence electrons. The molecule has 2 aromatic rings. The average molecular weight is 429 g/mol. The summed E-state index contributed by atoms with van der Waals surface area (Å²) in [6.45, 7) is 6.46. The lowest BCUT2D eigenvalue weighted by molar-refractivity contribution is -0.138. The smallest absolute Gasteiger partial charge is 0.336 e. The van der Waals surface area contributed by atoms with Crippen molar-refractivity contribution in [2.24, 2.45) is 7.05 Å². The van der Waals surface area contributed by atoms with Crippen LogP contribution in [0.2, 0.25) is 0 Å². The lowest BCUT2D eigenvalue weighted by Crippen LogP contribution is -2.27. The first kappa shape index (κ1) is 21.8. The van der Waals surface area contributed by atoms with Crippen molar-refractivity contribution in [3.05, 3.63) is 57.2 Å². The van der Waals surface area contributed by atoms with E-state index in [1.54, 1.807) is 20.9 Å². The van der Waals surface area contributed by atoms with Crippen molar-refractivity contribution < 1.29 is 31.5 Å². The quantitative estimate of drug-likeness (QED) is 0.333. The lowest BCUT2D eigenvalue weighted by Gasteiger charge is -2.29. The molecule has 30 heavy (non-hydrogen) atoms. The zero-order valence-corrected chi connectivity index (χ0v) is 17.0. The van der Waals surface area contributed by atoms with Gasteiger partial charge in [-0.3, -0.25) is 4.68 Å². The highest BCUT2D eigenvalue weighted by molar-refractivity contribution is 5.94. The molecule has 1 aromatic carbocycles. The third kappa shape index (κ3) is 3.14. The topological polar surface area (TPSA) is 56.1 Å². The first-order chi connectivity index (χ1) is 14.0. The van der Waals surface area contributed by atoms with Gasteiger partial charge in [0.2, 0.25) is 5.82 Å². The van der Waals surface area contributed by atoms with Crippen LogP contribution in [0.1, 0.15) is 56.4 Å². The van der Waals surface area contributed by atoms with Crippen LogP contribution in [0, 0.1) is 29.1 Å². The van der Waals surface area contributed by atoms with E-state index in [0.717, 1.165) is 0 Å². The summed E-state index contributed by atoms with van der Waals surface area (Å²) >= 11 is 0. The SMILES string of the molecule is CCOC(=O)C1=C(C)Nc2c(c(C(C)C)nn2C)C1c1c(F)c(F)c(F)c(F)c1F. The molecule has 0 saturated carbocycles. The molecule has 1 N–H and O–H groups in total. The fourth-order valence-corrected chi connectivity index (χ4v) is 3.67. The van der Waals surface area contributed by atoms with Gasteiger partial charge in [-0.15, -0.1) is 0 Å². The third-order valence-corrected chi connectivity index (χ3v) is 4.97. The Kier molecular flexibility index (Phi) is 5.62. The van der Waals surface area contributed by atoms with E-state index in [2.05, 4.69) is 10.4 Å². The predicted octanol–water partition coefficient (Wildman–Crippen LogP) is 4.63. The van der Waals surface area contributed by atoms with Crippen LogP contribution < -0.4 is 5.32 Å². The Morgan fingerprint density at radius 1 is 1.07 bits per heavy atom. The van der Waals surface area contributed by atoms with E-state index in [0.29, 0.717) is 5.69 Å². The van der Waals surface area contributed by atoms with E-state index in [-0.39, 0.29) is 35.2 Å². The van der Waals surface area contributed by atoms with Gasteiger partial charge in [-0.2, -0.15) is 5.10 Å². The Morgan fingerprint density at radius 3 is 2.10 bits per heavy atom. The van der Waals surface area contributed by atoms with E-state index in [9.17, 15) is 26.7 Å². The first-order valence-electron chi connectivity index (χ1n) is 9.25. The summed E-state index contributed by atoms with van der Waals surface area (Å²) in [5, 5.41) is 7.28. The molecule has 10 heteroatoms. The molecule has 1 aromatic heterocycles. The van der Waals surface area contributed by atoms with Crippen molar-refractivity contribution in [1.82, 2.24) is 9.78 Å². The fourth-order valence-electron chi connectivity index (χ4n) is 3.67. The normalized spacial score (nSPS) is 16.0. The maximum absolute atomic E-state index is 14.8. The number of nitrogens with zero attached hydrogens (tertiary/aromatic N) is 2. The molecule has 1 aliphatic heterocycles. The van der Waals surface area contributed by atoms with Crippen LogP contribution in [-0.2, 0) is 16.6 Å². The van der Waals surface area contributed by atoms with Crippen molar-refractivity contribution >= 4 is 11.8 Å². The van der Waals surface area contributed by atoms with E-state index in [1.165, 1.54) is 18.5 Å². The molecule has 0 saturated heterocycles. The molecular formula is C20H20F5N3O2. The van der Waals surface area contributed by atoms with Gasteiger partial charge in [0.05, 0.1) is 23.8 Å². The third-order valence-electron chi connectivity index (χ3n) is 4.97. The summed E-state index contributed by atoms with van der Waals surface area (Å²) < 4.78 is 77.8. The highest BCUT2D eigenvalue weighted by Gasteiger charge is 2.43. The van der Waals surface area contributed by atoms with Gasteiger partial charge in [0.1, 0.15) is 5.82 Å². The number of nitrogens with one attached hydrogen (secondary N) is 1. The summed E-state index contributed by atoms with van der Waals surface area (Å²) in [5.41, 5.74) is -0.699. The molecule has 3 rings (SSSR count). The second-order valence-electron chi connectivity index (χ2n) is 7.23. The Balaban J connectivity index is 2.45. The summed E-state index contributed by atoms with van der Waals surface area (Å²) in [6, 6.07) is 0. The minimum Gasteiger partial charge on any atom is -0.463 e. The predicted molar refractivity (Wildman–Crippen MR) is 98.3 cm³/mol. The number of hydrogen-bond acceptors (Lipinski definition) is 4. The van der Waals surface area contributed by atoms with Gasteiger partial charge in [-0.05, 0) is 19.8 Å². The van der Waals surface area contributed by atoms with Gasteiger partial charge in [0.25, 0.3) is 0 Å². The average Bonchev–Trinajstić information content (AvgIpc) is 3.01. The largest absolute Gasteiger partial charge is 0.463 e. The van der Waals surface area contributed by atoms with E-state index in [4.69, 9.17) is 4.74 Å². The second-order valence-corrected chi connectivity index (χ2v) is 7.23. The molecule has 2 heterocycles. The summed E-state index contributed by atoms with van der Waals surface area (Å²) in [4.78, 5) is 12.7. The van der Waals surface area contributed by atoms with Crippen LogP contribution in [0.3, 0.4) is 0 Å². The number of carbonyl (C=O) groups excluding carboxylic acids is 1. The second kappa shape index (κ2) is 7.73. The zero-order chi connectivity index (χ0) is 22.5. The summed E-state index contributed by atoms with van der Waals surface area (Å²) in [5.74, 6) is -13.0. The molecule has 0 bridgehead atoms. The van der Waals surface area contributed by atoms with Crippen molar-refractivity contribution in [2.75, 3.05) is 11.9 Å². The number of anilines is 1. The molecule has 5 nitrogen and oxygen atoms in total. The van der Waals surface area contributed by atoms with Gasteiger partial charge < -0.3 is 10.1 Å². The molecule has 1 unspecified atom stereocenters. The number of halogens is 5. The van der Waals surface area contributed by atoms with Crippen LogP contribution in [0.4, 0.5) is 27.8 Å². The monoisotopic (exact) mass is 429 g/mol. The highest BCUT2D eigenvalue weighted by atomic mass is 19.2. The zero-order valence-electron chi connectivity index (χ0n) is 17.0. The standard InChI is InChI=1S/C20H20F5N3O2/c1-6-30-20(29)9-8(4)26-19-12(18(7(2)3)27-28(19)5)10(9)11-13(21)15(23)17(25)16(24)14(11)22/h7,10,26H,6H2,1-5H3. The maximum Gasteiger partial charge on any atom is 0.336 e. The molecule has 0 spiro atoms. The van der Waals surface area contributed by atoms with Crippen LogP contribution in [-0.4, -0.2) is 22.4 Å². The number of aryl methyl sites for hydroxylation is 1. The Morgan fingerprint density at radius 2 is 1.60 bits per heavy atom. The molecule has 0 aliphatic carbocycles. The summed E-state index contributed by atoms with van der Waals surface area (Å²) in [6.07, 6.45) is 0. The number of aromatic nitrogens is 2. The Bertz CT molecular complexity index is 1050. The molecule has 0 radical (unpaired) electrons. The number of benzene rings is 1. The maximum atomic E-state index is 14.8. The van der Waals surface area contributed by atoms with Gasteiger partial charge in [0, 0.05) is 23.9 Å². The van der Waals surface area contributed by atoms with Gasteiger partial charge >= 0.3 is 5.97 Å². The number of hydrogen-bond donors (Lipinski definition) is 1. The molecular weight excluding hydrogens is 409 g/mol. The van der Waals surface area contributed by atoms with Gasteiger partial charge in [-0.1, -0.05) is 13.8 Å². The van der Waals surface area contributed by atoms with Crippen LogP contribution in [0.25, 0.3) is 0 Å². The Labute approximate surface area is 169 Å². The minimum absolute atomic E-state index is 0.0453. The number of fused-ring (bicyclic) bond motifs is 1. The van der Waals surface area contributed by atoms with Crippen LogP contribution in [0.15, 0.2) is 11.3 Å². The van der Waals surface area contributed by atoms with E-state index < -0.39 is 46.5 Å². The fraction of sp³-hybridized carbons (Fsp3) is 0.400. The molecule has 1 aliphatic rings. The Hall–Kier alpha value is -2.91. The first-order valence-corrected chi connectivity index (χ1v) is 9.25. The number of ether oxygens (including phenoxy) is 1. The van der Waals surface area contributed by atoms with Crippen LogP contribution >= 0.6 is 0 Å². The number of carbonyl (C=O) groups is 1. The van der Waals surface area contributed by atoms with Crippen LogP contribution in [0.5, 0.6) is 0 Å². The van der Waals surface area contributed by atoms with Crippen molar-refractivity contribution in [2.45, 2.75) is 39.5 Å². The van der Waals surface area contributed by atoms with Gasteiger partial charge in [0.15, 0.2) is 23.3 Å². The minimum atomic E-state index is -2.27. The lowest BCUT2D eigenvalue weighted by atomic mass is 9.79. The van der Waals surface area contributed by atoms with Crippen molar-refractivity contribution in [1.29, 1.82) is 0 Å². The number of rotatable bonds is 4. The van der Waals surface area contributed by atoms with E-state index >= 15 is 0 Å². The molecule has 0 fully saturated rings. The number of allylic oxidation sites excluding steroid dienone is 1. The molecule has 1 atom stereocenters.